The van der Waals surface area contributed by atoms with E-state index in [0.717, 1.165) is 29.6 Å². The van der Waals surface area contributed by atoms with Crippen molar-refractivity contribution in [2.75, 3.05) is 5.73 Å². The Kier molecular flexibility index (Phi) is 3.36. The van der Waals surface area contributed by atoms with Gasteiger partial charge in [0.1, 0.15) is 0 Å². The number of hydrogen-bond acceptors (Lipinski definition) is 2. The van der Waals surface area contributed by atoms with Crippen LogP contribution in [0.25, 0.3) is 16.7 Å². The standard InChI is InChI=1S/C16H16ClN3/c1-2-5-11-6-3-4-7-14(11)20-15-9-8-12(17)10-13(15)19-16(20)18/h3-4,6-10H,2,5H2,1H3,(H2,18,19). The molecule has 3 rings (SSSR count). The van der Waals surface area contributed by atoms with Crippen LogP contribution >= 0.6 is 11.6 Å². The SMILES string of the molecule is CCCc1ccccc1-n1c(N)nc2cc(Cl)ccc21. The monoisotopic (exact) mass is 285 g/mol. The molecule has 0 aliphatic heterocycles. The van der Waals surface area contributed by atoms with Crippen LogP contribution in [0, 0.1) is 0 Å². The van der Waals surface area contributed by atoms with Crippen LogP contribution in [0.1, 0.15) is 18.9 Å². The molecule has 1 aromatic heterocycles. The van der Waals surface area contributed by atoms with E-state index < -0.39 is 0 Å². The lowest BCUT2D eigenvalue weighted by Gasteiger charge is -2.12. The Morgan fingerprint density at radius 2 is 2.00 bits per heavy atom. The summed E-state index contributed by atoms with van der Waals surface area (Å²) in [5.74, 6) is 0.491. The number of nitrogens with zero attached hydrogens (tertiary/aromatic N) is 2. The Balaban J connectivity index is 2.27. The van der Waals surface area contributed by atoms with Crippen molar-refractivity contribution in [1.82, 2.24) is 9.55 Å². The van der Waals surface area contributed by atoms with Crippen LogP contribution in [0.15, 0.2) is 42.5 Å². The number of fused-ring (bicyclic) bond motifs is 1. The minimum absolute atomic E-state index is 0.491. The van der Waals surface area contributed by atoms with E-state index in [0.29, 0.717) is 11.0 Å². The average Bonchev–Trinajstić information content (AvgIpc) is 2.75. The molecule has 0 spiro atoms. The maximum Gasteiger partial charge on any atom is 0.205 e. The molecule has 0 bridgehead atoms. The number of para-hydroxylation sites is 1. The van der Waals surface area contributed by atoms with E-state index in [1.165, 1.54) is 5.56 Å². The van der Waals surface area contributed by atoms with Crippen LogP contribution in [0.3, 0.4) is 0 Å². The first-order chi connectivity index (χ1) is 9.70. The molecule has 0 atom stereocenters. The minimum atomic E-state index is 0.491. The highest BCUT2D eigenvalue weighted by Crippen LogP contribution is 2.27. The molecule has 2 aromatic carbocycles. The molecule has 0 unspecified atom stereocenters. The largest absolute Gasteiger partial charge is 0.369 e. The van der Waals surface area contributed by atoms with E-state index in [-0.39, 0.29) is 0 Å². The predicted octanol–water partition coefficient (Wildman–Crippen LogP) is 4.21. The fourth-order valence-electron chi connectivity index (χ4n) is 2.53. The molecule has 0 aliphatic rings. The number of anilines is 1. The summed E-state index contributed by atoms with van der Waals surface area (Å²) in [6.45, 7) is 2.17. The molecular weight excluding hydrogens is 270 g/mol. The van der Waals surface area contributed by atoms with Crippen molar-refractivity contribution in [3.05, 3.63) is 53.1 Å². The topological polar surface area (TPSA) is 43.8 Å². The van der Waals surface area contributed by atoms with Gasteiger partial charge in [0.05, 0.1) is 16.7 Å². The summed E-state index contributed by atoms with van der Waals surface area (Å²) >= 11 is 6.02. The summed E-state index contributed by atoms with van der Waals surface area (Å²) < 4.78 is 2.00. The van der Waals surface area contributed by atoms with Crippen molar-refractivity contribution in [3.8, 4) is 5.69 Å². The minimum Gasteiger partial charge on any atom is -0.369 e. The van der Waals surface area contributed by atoms with E-state index in [9.17, 15) is 0 Å². The second-order valence-corrected chi connectivity index (χ2v) is 5.25. The molecule has 0 saturated heterocycles. The first kappa shape index (κ1) is 13.0. The summed E-state index contributed by atoms with van der Waals surface area (Å²) in [5.41, 5.74) is 10.3. The Bertz CT molecular complexity index is 762. The van der Waals surface area contributed by atoms with Gasteiger partial charge in [-0.15, -0.1) is 0 Å². The van der Waals surface area contributed by atoms with Crippen molar-refractivity contribution in [2.45, 2.75) is 19.8 Å². The van der Waals surface area contributed by atoms with Crippen molar-refractivity contribution in [3.63, 3.8) is 0 Å². The van der Waals surface area contributed by atoms with Crippen molar-refractivity contribution in [1.29, 1.82) is 0 Å². The summed E-state index contributed by atoms with van der Waals surface area (Å²) in [7, 11) is 0. The van der Waals surface area contributed by atoms with Crippen LogP contribution in [0.4, 0.5) is 5.95 Å². The lowest BCUT2D eigenvalue weighted by atomic mass is 10.1. The number of halogens is 1. The summed E-state index contributed by atoms with van der Waals surface area (Å²) in [5, 5.41) is 0.670. The summed E-state index contributed by atoms with van der Waals surface area (Å²) in [6, 6.07) is 14.0. The second kappa shape index (κ2) is 5.17. The fraction of sp³-hybridized carbons (Fsp3) is 0.188. The van der Waals surface area contributed by atoms with Gasteiger partial charge in [-0.25, -0.2) is 4.98 Å². The molecular formula is C16H16ClN3. The van der Waals surface area contributed by atoms with E-state index in [1.54, 1.807) is 0 Å². The molecule has 3 aromatic rings. The average molecular weight is 286 g/mol. The number of rotatable bonds is 3. The zero-order valence-electron chi connectivity index (χ0n) is 11.3. The first-order valence-corrected chi connectivity index (χ1v) is 7.10. The lowest BCUT2D eigenvalue weighted by molar-refractivity contribution is 0.905. The highest BCUT2D eigenvalue weighted by Gasteiger charge is 2.12. The van der Waals surface area contributed by atoms with Gasteiger partial charge < -0.3 is 5.73 Å². The van der Waals surface area contributed by atoms with Gasteiger partial charge in [0.15, 0.2) is 0 Å². The van der Waals surface area contributed by atoms with Gasteiger partial charge >= 0.3 is 0 Å². The molecule has 2 N–H and O–H groups in total. The first-order valence-electron chi connectivity index (χ1n) is 6.72. The zero-order chi connectivity index (χ0) is 14.1. The Morgan fingerprint density at radius 3 is 2.80 bits per heavy atom. The van der Waals surface area contributed by atoms with Crippen LogP contribution < -0.4 is 5.73 Å². The molecule has 0 fully saturated rings. The smallest absolute Gasteiger partial charge is 0.205 e. The highest BCUT2D eigenvalue weighted by atomic mass is 35.5. The quantitative estimate of drug-likeness (QED) is 0.783. The molecule has 4 heteroatoms. The zero-order valence-corrected chi connectivity index (χ0v) is 12.1. The van der Waals surface area contributed by atoms with Crippen LogP contribution in [0.2, 0.25) is 5.02 Å². The van der Waals surface area contributed by atoms with Gasteiger partial charge in [0, 0.05) is 5.02 Å². The van der Waals surface area contributed by atoms with Crippen molar-refractivity contribution < 1.29 is 0 Å². The molecule has 0 amide bonds. The maximum absolute atomic E-state index is 6.11. The lowest BCUT2D eigenvalue weighted by Crippen LogP contribution is -2.03. The molecule has 102 valence electrons. The van der Waals surface area contributed by atoms with Crippen molar-refractivity contribution in [2.24, 2.45) is 0 Å². The number of aryl methyl sites for hydroxylation is 1. The third kappa shape index (κ3) is 2.14. The third-order valence-corrected chi connectivity index (χ3v) is 3.63. The Hall–Kier alpha value is -2.00. The number of benzene rings is 2. The molecule has 20 heavy (non-hydrogen) atoms. The predicted molar refractivity (Wildman–Crippen MR) is 84.5 cm³/mol. The molecule has 1 heterocycles. The number of nitrogen functional groups attached to an aromatic ring is 1. The van der Waals surface area contributed by atoms with E-state index in [4.69, 9.17) is 17.3 Å². The Morgan fingerprint density at radius 1 is 1.20 bits per heavy atom. The molecule has 3 nitrogen and oxygen atoms in total. The molecule has 0 aliphatic carbocycles. The van der Waals surface area contributed by atoms with Crippen LogP contribution in [0.5, 0.6) is 0 Å². The van der Waals surface area contributed by atoms with Gasteiger partial charge in [0.25, 0.3) is 0 Å². The normalized spacial score (nSPS) is 11.1. The summed E-state index contributed by atoms with van der Waals surface area (Å²) in [4.78, 5) is 4.41. The number of imidazole rings is 1. The van der Waals surface area contributed by atoms with Gasteiger partial charge in [-0.2, -0.15) is 0 Å². The van der Waals surface area contributed by atoms with Gasteiger partial charge in [-0.1, -0.05) is 43.1 Å². The number of hydrogen-bond donors (Lipinski definition) is 1. The molecule has 0 radical (unpaired) electrons. The van der Waals surface area contributed by atoms with E-state index >= 15 is 0 Å². The van der Waals surface area contributed by atoms with Gasteiger partial charge in [-0.05, 0) is 36.2 Å². The van der Waals surface area contributed by atoms with Crippen LogP contribution in [-0.4, -0.2) is 9.55 Å². The molecule has 0 saturated carbocycles. The van der Waals surface area contributed by atoms with Crippen LogP contribution in [-0.2, 0) is 6.42 Å². The maximum atomic E-state index is 6.11. The highest BCUT2D eigenvalue weighted by molar-refractivity contribution is 6.31. The van der Waals surface area contributed by atoms with Gasteiger partial charge in [0.2, 0.25) is 5.95 Å². The second-order valence-electron chi connectivity index (χ2n) is 4.82. The van der Waals surface area contributed by atoms with E-state index in [2.05, 4.69) is 30.1 Å². The van der Waals surface area contributed by atoms with Crippen molar-refractivity contribution >= 4 is 28.6 Å². The Labute approximate surface area is 123 Å². The van der Waals surface area contributed by atoms with Gasteiger partial charge in [-0.3, -0.25) is 4.57 Å². The number of nitrogens with two attached hydrogens (primary N) is 1. The fourth-order valence-corrected chi connectivity index (χ4v) is 2.70. The summed E-state index contributed by atoms with van der Waals surface area (Å²) in [6.07, 6.45) is 2.11. The number of aromatic nitrogens is 2. The van der Waals surface area contributed by atoms with E-state index in [1.807, 2.05) is 28.8 Å². The third-order valence-electron chi connectivity index (χ3n) is 3.39.